The molecule has 0 aliphatic carbocycles. The van der Waals surface area contributed by atoms with Crippen LogP contribution in [0.4, 0.5) is 5.95 Å². The Morgan fingerprint density at radius 1 is 1.38 bits per heavy atom. The van der Waals surface area contributed by atoms with E-state index in [4.69, 9.17) is 5.73 Å². The van der Waals surface area contributed by atoms with Gasteiger partial charge >= 0.3 is 0 Å². The number of nitrogens with two attached hydrogens (primary N) is 1. The molecule has 0 aromatic carbocycles. The van der Waals surface area contributed by atoms with Crippen molar-refractivity contribution < 1.29 is 0 Å². The summed E-state index contributed by atoms with van der Waals surface area (Å²) in [6.07, 6.45) is 2.90. The van der Waals surface area contributed by atoms with E-state index in [2.05, 4.69) is 35.6 Å². The normalized spacial score (nSPS) is 12.9. The molecule has 90 valence electrons. The Morgan fingerprint density at radius 2 is 2.06 bits per heavy atom. The predicted molar refractivity (Wildman–Crippen MR) is 67.2 cm³/mol. The van der Waals surface area contributed by atoms with E-state index in [0.29, 0.717) is 18.5 Å². The van der Waals surface area contributed by atoms with Gasteiger partial charge in [0.2, 0.25) is 5.95 Å². The predicted octanol–water partition coefficient (Wildman–Crippen LogP) is 1.81. The number of aromatic nitrogens is 2. The highest BCUT2D eigenvalue weighted by Crippen LogP contribution is 2.14. The van der Waals surface area contributed by atoms with Crippen LogP contribution in [0.3, 0.4) is 0 Å². The molecule has 0 bridgehead atoms. The third-order valence-corrected chi connectivity index (χ3v) is 2.70. The van der Waals surface area contributed by atoms with E-state index in [0.717, 1.165) is 18.1 Å². The molecule has 1 atom stereocenters. The van der Waals surface area contributed by atoms with Crippen molar-refractivity contribution in [1.29, 1.82) is 0 Å². The van der Waals surface area contributed by atoms with Gasteiger partial charge in [-0.3, -0.25) is 0 Å². The van der Waals surface area contributed by atoms with Gasteiger partial charge in [-0.2, -0.15) is 0 Å². The zero-order valence-corrected chi connectivity index (χ0v) is 10.6. The van der Waals surface area contributed by atoms with Gasteiger partial charge in [0, 0.05) is 25.8 Å². The quantitative estimate of drug-likeness (QED) is 0.825. The van der Waals surface area contributed by atoms with Crippen molar-refractivity contribution in [3.8, 4) is 0 Å². The van der Waals surface area contributed by atoms with E-state index in [1.165, 1.54) is 0 Å². The van der Waals surface area contributed by atoms with Crippen LogP contribution in [0.25, 0.3) is 0 Å². The molecule has 0 radical (unpaired) electrons. The summed E-state index contributed by atoms with van der Waals surface area (Å²) >= 11 is 0. The summed E-state index contributed by atoms with van der Waals surface area (Å²) in [5.41, 5.74) is 6.45. The monoisotopic (exact) mass is 222 g/mol. The molecule has 1 unspecified atom stereocenters. The fourth-order valence-electron chi connectivity index (χ4n) is 1.71. The summed E-state index contributed by atoms with van der Waals surface area (Å²) < 4.78 is 0. The van der Waals surface area contributed by atoms with Crippen molar-refractivity contribution in [2.45, 2.75) is 39.8 Å². The lowest BCUT2D eigenvalue weighted by Gasteiger charge is -2.26. The van der Waals surface area contributed by atoms with Crippen molar-refractivity contribution in [1.82, 2.24) is 9.97 Å². The van der Waals surface area contributed by atoms with E-state index in [-0.39, 0.29) is 0 Å². The molecular weight excluding hydrogens is 200 g/mol. The minimum absolute atomic E-state index is 0.438. The lowest BCUT2D eigenvalue weighted by atomic mass is 10.0. The lowest BCUT2D eigenvalue weighted by molar-refractivity contribution is 0.499. The second-order valence-electron chi connectivity index (χ2n) is 4.64. The van der Waals surface area contributed by atoms with Crippen LogP contribution in [0, 0.1) is 5.92 Å². The number of hydrogen-bond donors (Lipinski definition) is 1. The van der Waals surface area contributed by atoms with Crippen LogP contribution < -0.4 is 10.6 Å². The Kier molecular flexibility index (Phi) is 4.68. The average molecular weight is 222 g/mol. The first kappa shape index (κ1) is 12.9. The van der Waals surface area contributed by atoms with Gasteiger partial charge < -0.3 is 10.6 Å². The van der Waals surface area contributed by atoms with Crippen LogP contribution in [0.2, 0.25) is 0 Å². The SMILES string of the molecule is CC(C)CC(C)N(C)c1nccc(CN)n1. The van der Waals surface area contributed by atoms with Crippen molar-refractivity contribution in [2.24, 2.45) is 11.7 Å². The topological polar surface area (TPSA) is 55.0 Å². The summed E-state index contributed by atoms with van der Waals surface area (Å²) in [7, 11) is 2.03. The van der Waals surface area contributed by atoms with E-state index in [9.17, 15) is 0 Å². The van der Waals surface area contributed by atoms with Gasteiger partial charge in [-0.1, -0.05) is 13.8 Å². The van der Waals surface area contributed by atoms with E-state index in [1.54, 1.807) is 6.20 Å². The Bertz CT molecular complexity index is 325. The van der Waals surface area contributed by atoms with Crippen LogP contribution in [-0.2, 0) is 6.54 Å². The van der Waals surface area contributed by atoms with Gasteiger partial charge in [0.25, 0.3) is 0 Å². The first-order valence-corrected chi connectivity index (χ1v) is 5.79. The van der Waals surface area contributed by atoms with Crippen LogP contribution in [-0.4, -0.2) is 23.1 Å². The van der Waals surface area contributed by atoms with Gasteiger partial charge in [0.1, 0.15) is 0 Å². The molecule has 0 amide bonds. The molecule has 2 N–H and O–H groups in total. The highest BCUT2D eigenvalue weighted by Gasteiger charge is 2.13. The van der Waals surface area contributed by atoms with E-state index in [1.807, 2.05) is 13.1 Å². The van der Waals surface area contributed by atoms with Gasteiger partial charge in [0.15, 0.2) is 0 Å². The Morgan fingerprint density at radius 3 is 2.62 bits per heavy atom. The van der Waals surface area contributed by atoms with Crippen LogP contribution in [0.15, 0.2) is 12.3 Å². The molecule has 1 heterocycles. The molecule has 0 saturated carbocycles. The minimum Gasteiger partial charge on any atom is -0.341 e. The smallest absolute Gasteiger partial charge is 0.225 e. The lowest BCUT2D eigenvalue weighted by Crippen LogP contribution is -2.31. The summed E-state index contributed by atoms with van der Waals surface area (Å²) in [5, 5.41) is 0. The standard InChI is InChI=1S/C12H22N4/c1-9(2)7-10(3)16(4)12-14-6-5-11(8-13)15-12/h5-6,9-10H,7-8,13H2,1-4H3. The third kappa shape index (κ3) is 3.45. The van der Waals surface area contributed by atoms with Crippen molar-refractivity contribution in [3.05, 3.63) is 18.0 Å². The Balaban J connectivity index is 2.74. The molecule has 16 heavy (non-hydrogen) atoms. The fourth-order valence-corrected chi connectivity index (χ4v) is 1.71. The average Bonchev–Trinajstić information content (AvgIpc) is 2.27. The van der Waals surface area contributed by atoms with Gasteiger partial charge in [-0.25, -0.2) is 9.97 Å². The molecule has 0 aliphatic rings. The van der Waals surface area contributed by atoms with Gasteiger partial charge in [-0.05, 0) is 25.3 Å². The fraction of sp³-hybridized carbons (Fsp3) is 0.667. The van der Waals surface area contributed by atoms with Crippen molar-refractivity contribution in [3.63, 3.8) is 0 Å². The first-order valence-electron chi connectivity index (χ1n) is 5.79. The second-order valence-corrected chi connectivity index (χ2v) is 4.64. The molecule has 0 fully saturated rings. The highest BCUT2D eigenvalue weighted by molar-refractivity contribution is 5.30. The molecule has 4 heteroatoms. The number of nitrogens with zero attached hydrogens (tertiary/aromatic N) is 3. The van der Waals surface area contributed by atoms with Gasteiger partial charge in [0.05, 0.1) is 5.69 Å². The number of rotatable bonds is 5. The summed E-state index contributed by atoms with van der Waals surface area (Å²) in [5.74, 6) is 1.44. The Hall–Kier alpha value is -1.16. The Labute approximate surface area is 97.9 Å². The zero-order chi connectivity index (χ0) is 12.1. The first-order chi connectivity index (χ1) is 7.54. The zero-order valence-electron chi connectivity index (χ0n) is 10.6. The van der Waals surface area contributed by atoms with Crippen LogP contribution in [0.5, 0.6) is 0 Å². The largest absolute Gasteiger partial charge is 0.341 e. The molecule has 1 aromatic rings. The maximum atomic E-state index is 5.57. The molecule has 4 nitrogen and oxygen atoms in total. The second kappa shape index (κ2) is 5.80. The van der Waals surface area contributed by atoms with Gasteiger partial charge in [-0.15, -0.1) is 0 Å². The summed E-state index contributed by atoms with van der Waals surface area (Å²) in [6, 6.07) is 2.29. The van der Waals surface area contributed by atoms with Crippen LogP contribution >= 0.6 is 0 Å². The van der Waals surface area contributed by atoms with Crippen LogP contribution in [0.1, 0.15) is 32.9 Å². The van der Waals surface area contributed by atoms with E-state index < -0.39 is 0 Å². The minimum atomic E-state index is 0.438. The highest BCUT2D eigenvalue weighted by atomic mass is 15.2. The maximum absolute atomic E-state index is 5.57. The third-order valence-electron chi connectivity index (χ3n) is 2.70. The summed E-state index contributed by atoms with van der Waals surface area (Å²) in [4.78, 5) is 10.8. The van der Waals surface area contributed by atoms with Crippen molar-refractivity contribution in [2.75, 3.05) is 11.9 Å². The molecule has 1 rings (SSSR count). The van der Waals surface area contributed by atoms with E-state index >= 15 is 0 Å². The maximum Gasteiger partial charge on any atom is 0.225 e. The molecule has 1 aromatic heterocycles. The number of anilines is 1. The summed E-state index contributed by atoms with van der Waals surface area (Å²) in [6.45, 7) is 7.10. The molecule has 0 spiro atoms. The molecule has 0 aliphatic heterocycles. The number of hydrogen-bond acceptors (Lipinski definition) is 4. The molecule has 0 saturated heterocycles. The van der Waals surface area contributed by atoms with Crippen molar-refractivity contribution >= 4 is 5.95 Å². The molecular formula is C12H22N4.